The highest BCUT2D eigenvalue weighted by molar-refractivity contribution is 5.99. The molecule has 1 aromatic carbocycles. The third kappa shape index (κ3) is 3.13. The van der Waals surface area contributed by atoms with Crippen molar-refractivity contribution in [2.75, 3.05) is 20.2 Å². The van der Waals surface area contributed by atoms with Gasteiger partial charge in [-0.15, -0.1) is 0 Å². The van der Waals surface area contributed by atoms with Crippen molar-refractivity contribution < 1.29 is 19.1 Å². The number of methoxy groups -OCH3 is 1. The number of aromatic nitrogens is 3. The van der Waals surface area contributed by atoms with Crippen LogP contribution in [0.3, 0.4) is 0 Å². The van der Waals surface area contributed by atoms with Gasteiger partial charge in [-0.3, -0.25) is 19.1 Å². The minimum atomic E-state index is -0.424. The van der Waals surface area contributed by atoms with Crippen LogP contribution in [-0.4, -0.2) is 68.1 Å². The average molecular weight is 447 g/mol. The molecule has 0 unspecified atom stereocenters. The highest BCUT2D eigenvalue weighted by Crippen LogP contribution is 2.47. The molecule has 3 aromatic rings. The van der Waals surface area contributed by atoms with Gasteiger partial charge in [-0.1, -0.05) is 18.2 Å². The molecule has 0 bridgehead atoms. The predicted molar refractivity (Wildman–Crippen MR) is 119 cm³/mol. The molecule has 33 heavy (non-hydrogen) atoms. The number of carbonyl (C=O) groups is 3. The summed E-state index contributed by atoms with van der Waals surface area (Å²) in [6.07, 6.45) is 3.12. The van der Waals surface area contributed by atoms with Crippen molar-refractivity contribution in [2.45, 2.75) is 44.3 Å². The molecule has 1 spiro atoms. The van der Waals surface area contributed by atoms with Gasteiger partial charge in [0, 0.05) is 41.5 Å². The van der Waals surface area contributed by atoms with E-state index in [2.05, 4.69) is 4.98 Å². The summed E-state index contributed by atoms with van der Waals surface area (Å²) in [7, 11) is 1.34. The summed E-state index contributed by atoms with van der Waals surface area (Å²) >= 11 is 0. The van der Waals surface area contributed by atoms with Gasteiger partial charge in [-0.05, 0) is 31.4 Å². The van der Waals surface area contributed by atoms with Gasteiger partial charge in [-0.2, -0.15) is 5.10 Å². The Balaban J connectivity index is 1.32. The second kappa shape index (κ2) is 7.19. The van der Waals surface area contributed by atoms with Crippen LogP contribution in [0.15, 0.2) is 30.3 Å². The summed E-state index contributed by atoms with van der Waals surface area (Å²) in [4.78, 5) is 45.7. The molecular weight excluding hydrogens is 422 g/mol. The third-order valence-electron chi connectivity index (χ3n) is 7.30. The Morgan fingerprint density at radius 3 is 2.76 bits per heavy atom. The Labute approximate surface area is 190 Å². The number of ether oxygens (including phenoxy) is 1. The van der Waals surface area contributed by atoms with Crippen molar-refractivity contribution in [1.29, 1.82) is 0 Å². The van der Waals surface area contributed by atoms with E-state index >= 15 is 0 Å². The normalized spacial score (nSPS) is 18.8. The number of rotatable bonds is 3. The molecule has 3 aliphatic rings. The topological polar surface area (TPSA) is 101 Å². The Kier molecular flexibility index (Phi) is 4.36. The molecule has 0 radical (unpaired) electrons. The Morgan fingerprint density at radius 1 is 1.18 bits per heavy atom. The Bertz CT molecular complexity index is 1270. The summed E-state index contributed by atoms with van der Waals surface area (Å²) in [5.74, 6) is -0.709. The van der Waals surface area contributed by atoms with Gasteiger partial charge in [0.2, 0.25) is 0 Å². The number of hydrogen-bond acceptors (Lipinski definition) is 5. The van der Waals surface area contributed by atoms with Crippen molar-refractivity contribution in [3.8, 4) is 0 Å². The van der Waals surface area contributed by atoms with Crippen molar-refractivity contribution in [2.24, 2.45) is 0 Å². The number of amides is 2. The number of nitrogens with one attached hydrogen (secondary N) is 1. The van der Waals surface area contributed by atoms with E-state index in [1.807, 2.05) is 30.3 Å². The first-order chi connectivity index (χ1) is 16.0. The van der Waals surface area contributed by atoms with Gasteiger partial charge in [0.25, 0.3) is 11.8 Å². The monoisotopic (exact) mass is 447 g/mol. The van der Waals surface area contributed by atoms with Gasteiger partial charge < -0.3 is 19.5 Å². The highest BCUT2D eigenvalue weighted by Gasteiger charge is 2.53. The van der Waals surface area contributed by atoms with Crippen LogP contribution in [0.1, 0.15) is 51.5 Å². The molecule has 2 aliphatic heterocycles. The van der Waals surface area contributed by atoms with Crippen molar-refractivity contribution >= 4 is 28.7 Å². The maximum atomic E-state index is 13.7. The van der Waals surface area contributed by atoms with Crippen LogP contribution < -0.4 is 0 Å². The van der Waals surface area contributed by atoms with Crippen molar-refractivity contribution in [3.63, 3.8) is 0 Å². The van der Waals surface area contributed by atoms with E-state index in [1.165, 1.54) is 7.11 Å². The number of H-pyrrole nitrogens is 1. The lowest BCUT2D eigenvalue weighted by atomic mass is 10.0. The SMILES string of the molecule is COC(=O)CN1C(=O)c2c3c(nn2CCC12CC2)CCN(C(=O)c1cc2ccccc2[nH]1)C3. The van der Waals surface area contributed by atoms with Crippen LogP contribution in [0, 0.1) is 0 Å². The fourth-order valence-electron chi connectivity index (χ4n) is 5.25. The quantitative estimate of drug-likeness (QED) is 0.620. The molecule has 1 fully saturated rings. The first-order valence-electron chi connectivity index (χ1n) is 11.3. The number of hydrogen-bond donors (Lipinski definition) is 1. The summed E-state index contributed by atoms with van der Waals surface area (Å²) in [5.41, 5.74) is 3.33. The summed E-state index contributed by atoms with van der Waals surface area (Å²) in [5, 5.41) is 5.72. The molecular formula is C24H25N5O4. The van der Waals surface area contributed by atoms with E-state index in [0.29, 0.717) is 37.4 Å². The van der Waals surface area contributed by atoms with Crippen LogP contribution in [-0.2, 0) is 29.0 Å². The van der Waals surface area contributed by atoms with Crippen molar-refractivity contribution in [3.05, 3.63) is 53.0 Å². The lowest BCUT2D eigenvalue weighted by molar-refractivity contribution is -0.142. The number of benzene rings is 1. The minimum Gasteiger partial charge on any atom is -0.468 e. The lowest BCUT2D eigenvalue weighted by Gasteiger charge is -2.30. The molecule has 1 aliphatic carbocycles. The van der Waals surface area contributed by atoms with Crippen LogP contribution in [0.4, 0.5) is 0 Å². The number of nitrogens with zero attached hydrogens (tertiary/aromatic N) is 4. The number of esters is 1. The Morgan fingerprint density at radius 2 is 2.00 bits per heavy atom. The van der Waals surface area contributed by atoms with E-state index in [-0.39, 0.29) is 23.9 Å². The molecule has 2 aromatic heterocycles. The van der Waals surface area contributed by atoms with Gasteiger partial charge in [0.15, 0.2) is 0 Å². The zero-order valence-corrected chi connectivity index (χ0v) is 18.5. The molecule has 1 saturated carbocycles. The molecule has 4 heterocycles. The largest absolute Gasteiger partial charge is 0.468 e. The van der Waals surface area contributed by atoms with E-state index in [9.17, 15) is 14.4 Å². The minimum absolute atomic E-state index is 0.0625. The van der Waals surface area contributed by atoms with Gasteiger partial charge in [0.1, 0.15) is 17.9 Å². The molecule has 0 atom stereocenters. The maximum absolute atomic E-state index is 13.7. The van der Waals surface area contributed by atoms with Gasteiger partial charge >= 0.3 is 5.97 Å². The molecule has 9 heteroatoms. The molecule has 0 saturated heterocycles. The van der Waals surface area contributed by atoms with Gasteiger partial charge in [-0.25, -0.2) is 0 Å². The molecule has 9 nitrogen and oxygen atoms in total. The standard InChI is InChI=1S/C24H25N5O4/c1-33-20(30)14-28-23(32)21-16-13-27(22(31)19-12-15-4-2-3-5-17(15)25-19)10-6-18(16)26-29(21)11-9-24(28)7-8-24/h2-5,12,25H,6-11,13-14H2,1H3. The molecule has 6 rings (SSSR count). The lowest BCUT2D eigenvalue weighted by Crippen LogP contribution is -2.45. The maximum Gasteiger partial charge on any atom is 0.325 e. The first kappa shape index (κ1) is 20.0. The number of aryl methyl sites for hydroxylation is 1. The molecule has 2 amide bonds. The number of para-hydroxylation sites is 1. The zero-order chi connectivity index (χ0) is 22.7. The van der Waals surface area contributed by atoms with Crippen molar-refractivity contribution in [1.82, 2.24) is 24.6 Å². The fourth-order valence-corrected chi connectivity index (χ4v) is 5.25. The van der Waals surface area contributed by atoms with Crippen LogP contribution in [0.5, 0.6) is 0 Å². The number of fused-ring (bicyclic) bond motifs is 4. The van der Waals surface area contributed by atoms with Crippen LogP contribution >= 0.6 is 0 Å². The summed E-state index contributed by atoms with van der Waals surface area (Å²) in [6.45, 7) is 1.43. The van der Waals surface area contributed by atoms with Crippen LogP contribution in [0.25, 0.3) is 10.9 Å². The van der Waals surface area contributed by atoms with E-state index in [4.69, 9.17) is 9.84 Å². The Hall–Kier alpha value is -3.62. The van der Waals surface area contributed by atoms with E-state index in [1.54, 1.807) is 14.5 Å². The van der Waals surface area contributed by atoms with Gasteiger partial charge in [0.05, 0.1) is 19.3 Å². The van der Waals surface area contributed by atoms with Crippen LogP contribution in [0.2, 0.25) is 0 Å². The average Bonchev–Trinajstić information content (AvgIpc) is 3.36. The highest BCUT2D eigenvalue weighted by atomic mass is 16.5. The molecule has 1 N–H and O–H groups in total. The predicted octanol–water partition coefficient (Wildman–Crippen LogP) is 2.11. The third-order valence-corrected chi connectivity index (χ3v) is 7.30. The zero-order valence-electron chi connectivity index (χ0n) is 18.5. The smallest absolute Gasteiger partial charge is 0.325 e. The second-order valence-corrected chi connectivity index (χ2v) is 9.19. The second-order valence-electron chi connectivity index (χ2n) is 9.19. The summed E-state index contributed by atoms with van der Waals surface area (Å²) in [6, 6.07) is 9.65. The number of aromatic amines is 1. The van der Waals surface area contributed by atoms with E-state index < -0.39 is 5.97 Å². The van der Waals surface area contributed by atoms with E-state index in [0.717, 1.165) is 41.4 Å². The fraction of sp³-hybridized carbons (Fsp3) is 0.417. The summed E-state index contributed by atoms with van der Waals surface area (Å²) < 4.78 is 6.65. The molecule has 170 valence electrons. The first-order valence-corrected chi connectivity index (χ1v) is 11.3. The number of carbonyl (C=O) groups excluding carboxylic acids is 3.